The maximum atomic E-state index is 12.6. The minimum absolute atomic E-state index is 0.190. The number of aliphatic carboxylic acids is 2. The van der Waals surface area contributed by atoms with Gasteiger partial charge < -0.3 is 37.2 Å². The van der Waals surface area contributed by atoms with Gasteiger partial charge in [-0.2, -0.15) is 0 Å². The standard InChI is InChI=1S/C18H29N5O8/c1-9(15(27)23-12(18(30)31)4-6-13(19)24)21-17(29)11(5-7-14(25)26)22-16(28)10-3-2-8-20-10/h9-12,20H,2-8H2,1H3,(H2,19,24)(H,21,29)(H,22,28)(H,23,27)(H,25,26)(H,30,31). The van der Waals surface area contributed by atoms with Crippen LogP contribution in [0.15, 0.2) is 0 Å². The van der Waals surface area contributed by atoms with Gasteiger partial charge in [-0.25, -0.2) is 4.79 Å². The Kier molecular flexibility index (Phi) is 10.4. The van der Waals surface area contributed by atoms with Crippen LogP contribution in [-0.2, 0) is 28.8 Å². The number of carboxylic acids is 2. The van der Waals surface area contributed by atoms with Gasteiger partial charge in [0.1, 0.15) is 18.1 Å². The van der Waals surface area contributed by atoms with Crippen LogP contribution in [0.2, 0.25) is 0 Å². The zero-order valence-corrected chi connectivity index (χ0v) is 17.2. The summed E-state index contributed by atoms with van der Waals surface area (Å²) in [5.74, 6) is -5.31. The number of nitrogens with one attached hydrogen (secondary N) is 4. The van der Waals surface area contributed by atoms with Crippen molar-refractivity contribution >= 4 is 35.6 Å². The molecule has 1 rings (SSSR count). The van der Waals surface area contributed by atoms with Crippen molar-refractivity contribution in [1.29, 1.82) is 0 Å². The van der Waals surface area contributed by atoms with E-state index in [0.717, 1.165) is 6.42 Å². The van der Waals surface area contributed by atoms with Crippen molar-refractivity contribution in [1.82, 2.24) is 21.3 Å². The second-order valence-corrected chi connectivity index (χ2v) is 7.28. The van der Waals surface area contributed by atoms with Crippen molar-refractivity contribution in [3.8, 4) is 0 Å². The molecule has 4 unspecified atom stereocenters. The molecule has 4 atom stereocenters. The zero-order chi connectivity index (χ0) is 23.6. The molecular formula is C18H29N5O8. The van der Waals surface area contributed by atoms with Gasteiger partial charge in [-0.05, 0) is 39.2 Å². The van der Waals surface area contributed by atoms with Gasteiger partial charge in [0.05, 0.1) is 6.04 Å². The smallest absolute Gasteiger partial charge is 0.326 e. The Labute approximate surface area is 178 Å². The Morgan fingerprint density at radius 1 is 0.968 bits per heavy atom. The average Bonchev–Trinajstić information content (AvgIpc) is 3.22. The molecule has 0 saturated carbocycles. The van der Waals surface area contributed by atoms with Crippen molar-refractivity contribution in [3.05, 3.63) is 0 Å². The quantitative estimate of drug-likeness (QED) is 0.159. The van der Waals surface area contributed by atoms with E-state index >= 15 is 0 Å². The number of carbonyl (C=O) groups excluding carboxylic acids is 4. The van der Waals surface area contributed by atoms with Gasteiger partial charge in [-0.3, -0.25) is 24.0 Å². The molecule has 1 saturated heterocycles. The molecule has 0 aliphatic carbocycles. The van der Waals surface area contributed by atoms with Crippen LogP contribution in [0.25, 0.3) is 0 Å². The lowest BCUT2D eigenvalue weighted by Gasteiger charge is -2.23. The predicted octanol–water partition coefficient (Wildman–Crippen LogP) is -2.57. The van der Waals surface area contributed by atoms with Crippen molar-refractivity contribution in [2.45, 2.75) is 69.6 Å². The summed E-state index contributed by atoms with van der Waals surface area (Å²) in [4.78, 5) is 70.1. The van der Waals surface area contributed by atoms with Crippen LogP contribution in [0.4, 0.5) is 0 Å². The molecule has 0 spiro atoms. The van der Waals surface area contributed by atoms with Crippen LogP contribution < -0.4 is 27.0 Å². The van der Waals surface area contributed by atoms with Gasteiger partial charge in [0.15, 0.2) is 0 Å². The second kappa shape index (κ2) is 12.5. The van der Waals surface area contributed by atoms with Crippen molar-refractivity contribution in [2.75, 3.05) is 6.54 Å². The first-order valence-corrected chi connectivity index (χ1v) is 9.88. The number of rotatable bonds is 13. The van der Waals surface area contributed by atoms with E-state index in [-0.39, 0.29) is 25.7 Å². The molecule has 13 heteroatoms. The fraction of sp³-hybridized carbons (Fsp3) is 0.667. The Bertz CT molecular complexity index is 707. The first kappa shape index (κ1) is 25.8. The van der Waals surface area contributed by atoms with Gasteiger partial charge >= 0.3 is 11.9 Å². The first-order chi connectivity index (χ1) is 14.5. The third kappa shape index (κ3) is 9.42. The summed E-state index contributed by atoms with van der Waals surface area (Å²) < 4.78 is 0. The van der Waals surface area contributed by atoms with Crippen molar-refractivity contribution < 1.29 is 39.0 Å². The topological polar surface area (TPSA) is 217 Å². The fourth-order valence-corrected chi connectivity index (χ4v) is 2.94. The number of carbonyl (C=O) groups is 6. The highest BCUT2D eigenvalue weighted by atomic mass is 16.4. The van der Waals surface area contributed by atoms with Crippen molar-refractivity contribution in [3.63, 3.8) is 0 Å². The molecule has 1 aliphatic heterocycles. The average molecular weight is 443 g/mol. The van der Waals surface area contributed by atoms with E-state index in [0.29, 0.717) is 13.0 Å². The summed E-state index contributed by atoms with van der Waals surface area (Å²) in [6, 6.07) is -4.24. The maximum absolute atomic E-state index is 12.6. The molecule has 1 aliphatic rings. The Hall–Kier alpha value is -3.22. The van der Waals surface area contributed by atoms with E-state index < -0.39 is 59.7 Å². The van der Waals surface area contributed by atoms with E-state index in [1.54, 1.807) is 0 Å². The van der Waals surface area contributed by atoms with Gasteiger partial charge in [-0.1, -0.05) is 0 Å². The van der Waals surface area contributed by atoms with E-state index in [2.05, 4.69) is 21.3 Å². The molecule has 1 fully saturated rings. The first-order valence-electron chi connectivity index (χ1n) is 9.88. The second-order valence-electron chi connectivity index (χ2n) is 7.28. The van der Waals surface area contributed by atoms with Gasteiger partial charge in [0.25, 0.3) is 0 Å². The normalized spacial score (nSPS) is 18.3. The van der Waals surface area contributed by atoms with Crippen LogP contribution in [0, 0.1) is 0 Å². The molecule has 0 aromatic rings. The monoisotopic (exact) mass is 443 g/mol. The number of hydrogen-bond donors (Lipinski definition) is 7. The highest BCUT2D eigenvalue weighted by Gasteiger charge is 2.30. The van der Waals surface area contributed by atoms with Gasteiger partial charge in [0.2, 0.25) is 23.6 Å². The number of carboxylic acid groups (broad SMARTS) is 2. The van der Waals surface area contributed by atoms with E-state index in [4.69, 9.17) is 15.9 Å². The Morgan fingerprint density at radius 3 is 2.13 bits per heavy atom. The summed E-state index contributed by atoms with van der Waals surface area (Å²) in [5.41, 5.74) is 4.98. The summed E-state index contributed by atoms with van der Waals surface area (Å²) >= 11 is 0. The molecule has 4 amide bonds. The van der Waals surface area contributed by atoms with E-state index in [1.165, 1.54) is 6.92 Å². The minimum Gasteiger partial charge on any atom is -0.481 e. The summed E-state index contributed by atoms with van der Waals surface area (Å²) in [6.07, 6.45) is 0.330. The summed E-state index contributed by atoms with van der Waals surface area (Å²) in [7, 11) is 0. The third-order valence-corrected chi connectivity index (χ3v) is 4.70. The lowest BCUT2D eigenvalue weighted by molar-refractivity contribution is -0.142. The number of amides is 4. The number of nitrogens with two attached hydrogens (primary N) is 1. The fourth-order valence-electron chi connectivity index (χ4n) is 2.94. The van der Waals surface area contributed by atoms with Crippen LogP contribution >= 0.6 is 0 Å². The number of hydrogen-bond acceptors (Lipinski definition) is 7. The molecule has 13 nitrogen and oxygen atoms in total. The molecule has 174 valence electrons. The highest BCUT2D eigenvalue weighted by molar-refractivity contribution is 5.94. The SMILES string of the molecule is CC(NC(=O)C(CCC(=O)O)NC(=O)C1CCCN1)C(=O)NC(CCC(N)=O)C(=O)O. The molecule has 1 heterocycles. The van der Waals surface area contributed by atoms with Gasteiger partial charge in [0, 0.05) is 12.8 Å². The minimum atomic E-state index is -1.38. The summed E-state index contributed by atoms with van der Waals surface area (Å²) in [6.45, 7) is 1.95. The molecule has 0 aromatic heterocycles. The largest absolute Gasteiger partial charge is 0.481 e. The van der Waals surface area contributed by atoms with E-state index in [9.17, 15) is 28.8 Å². The lowest BCUT2D eigenvalue weighted by atomic mass is 10.1. The Morgan fingerprint density at radius 2 is 1.61 bits per heavy atom. The molecule has 0 radical (unpaired) electrons. The van der Waals surface area contributed by atoms with E-state index in [1.807, 2.05) is 0 Å². The zero-order valence-electron chi connectivity index (χ0n) is 17.2. The van der Waals surface area contributed by atoms with Crippen molar-refractivity contribution in [2.24, 2.45) is 5.73 Å². The molecule has 8 N–H and O–H groups in total. The maximum Gasteiger partial charge on any atom is 0.326 e. The van der Waals surface area contributed by atoms with Crippen LogP contribution in [0.5, 0.6) is 0 Å². The lowest BCUT2D eigenvalue weighted by Crippen LogP contribution is -2.56. The molecular weight excluding hydrogens is 414 g/mol. The van der Waals surface area contributed by atoms with Crippen LogP contribution in [0.3, 0.4) is 0 Å². The molecule has 31 heavy (non-hydrogen) atoms. The highest BCUT2D eigenvalue weighted by Crippen LogP contribution is 2.07. The predicted molar refractivity (Wildman–Crippen MR) is 105 cm³/mol. The molecule has 0 bridgehead atoms. The van der Waals surface area contributed by atoms with Gasteiger partial charge in [-0.15, -0.1) is 0 Å². The molecule has 0 aromatic carbocycles. The third-order valence-electron chi connectivity index (χ3n) is 4.70. The van der Waals surface area contributed by atoms with Crippen LogP contribution in [0.1, 0.15) is 45.4 Å². The Balaban J connectivity index is 2.71. The number of primary amides is 1. The van der Waals surface area contributed by atoms with Crippen LogP contribution in [-0.4, -0.2) is 76.5 Å². The summed E-state index contributed by atoms with van der Waals surface area (Å²) in [5, 5.41) is 28.0.